The Labute approximate surface area is 209 Å². The van der Waals surface area contributed by atoms with E-state index in [1.54, 1.807) is 12.1 Å². The van der Waals surface area contributed by atoms with Gasteiger partial charge >= 0.3 is 0 Å². The molecule has 35 heavy (non-hydrogen) atoms. The van der Waals surface area contributed by atoms with Crippen molar-refractivity contribution in [3.05, 3.63) is 53.1 Å². The number of anilines is 1. The molecular weight excluding hydrogens is 462 g/mol. The van der Waals surface area contributed by atoms with E-state index in [2.05, 4.69) is 10.6 Å². The number of thioether (sulfide) groups is 1. The molecule has 0 bridgehead atoms. The lowest BCUT2D eigenvalue weighted by atomic mass is 9.65. The van der Waals surface area contributed by atoms with Gasteiger partial charge in [-0.15, -0.1) is 11.8 Å². The standard InChI is InChI=1S/C26H33N5O3S/c1-13(2)34-16-7-3-5-14(11-16)26(29)17-8-9-18(27)22-19(17)20(21(28)24(26)32)23(35-22)25(33)31-15-6-4-10-30-12-15/h3,5,7-9,11,13,15,20-21,23,30H,4,6,10,12,27-29H2,1-2H3,(H,31,33). The van der Waals surface area contributed by atoms with Crippen molar-refractivity contribution in [1.82, 2.24) is 10.6 Å². The number of carbonyl (C=O) groups is 2. The highest BCUT2D eigenvalue weighted by atomic mass is 32.2. The van der Waals surface area contributed by atoms with Crippen LogP contribution in [0.4, 0.5) is 5.69 Å². The van der Waals surface area contributed by atoms with Crippen LogP contribution in [0.3, 0.4) is 0 Å². The number of amides is 1. The summed E-state index contributed by atoms with van der Waals surface area (Å²) in [6.45, 7) is 5.57. The van der Waals surface area contributed by atoms with Crippen LogP contribution in [0.5, 0.6) is 5.75 Å². The average Bonchev–Trinajstić information content (AvgIpc) is 3.24. The number of nitrogens with one attached hydrogen (secondary N) is 2. The zero-order valence-corrected chi connectivity index (χ0v) is 20.9. The van der Waals surface area contributed by atoms with Gasteiger partial charge in [0.2, 0.25) is 5.91 Å². The van der Waals surface area contributed by atoms with E-state index >= 15 is 0 Å². The highest BCUT2D eigenvalue weighted by Crippen LogP contribution is 2.56. The van der Waals surface area contributed by atoms with Crippen LogP contribution in [0.15, 0.2) is 41.3 Å². The first-order valence-electron chi connectivity index (χ1n) is 12.2. The largest absolute Gasteiger partial charge is 0.491 e. The molecule has 0 radical (unpaired) electrons. The number of Topliss-reactive ketones (excluding diaryl/α,β-unsaturated/α-hetero) is 1. The monoisotopic (exact) mass is 495 g/mol. The Balaban J connectivity index is 1.56. The number of hydrogen-bond acceptors (Lipinski definition) is 8. The fourth-order valence-corrected chi connectivity index (χ4v) is 7.02. The summed E-state index contributed by atoms with van der Waals surface area (Å²) in [6.07, 6.45) is 1.91. The number of ether oxygens (including phenoxy) is 1. The van der Waals surface area contributed by atoms with Crippen LogP contribution in [-0.4, -0.2) is 48.2 Å². The highest BCUT2D eigenvalue weighted by molar-refractivity contribution is 8.01. The van der Waals surface area contributed by atoms with Gasteiger partial charge in [-0.1, -0.05) is 18.2 Å². The fourth-order valence-electron chi connectivity index (χ4n) is 5.56. The molecule has 2 aromatic carbocycles. The third kappa shape index (κ3) is 4.00. The second kappa shape index (κ2) is 9.13. The predicted molar refractivity (Wildman–Crippen MR) is 137 cm³/mol. The lowest BCUT2D eigenvalue weighted by Gasteiger charge is -2.41. The lowest BCUT2D eigenvalue weighted by Crippen LogP contribution is -2.60. The summed E-state index contributed by atoms with van der Waals surface area (Å²) in [5.74, 6) is -0.294. The minimum Gasteiger partial charge on any atom is -0.491 e. The van der Waals surface area contributed by atoms with Gasteiger partial charge in [-0.05, 0) is 68.1 Å². The quantitative estimate of drug-likeness (QED) is 0.393. The van der Waals surface area contributed by atoms with Gasteiger partial charge < -0.3 is 32.6 Å². The number of nitrogens with two attached hydrogens (primary N) is 3. The fraction of sp³-hybridized carbons (Fsp3) is 0.462. The summed E-state index contributed by atoms with van der Waals surface area (Å²) in [4.78, 5) is 28.1. The molecule has 3 aliphatic rings. The van der Waals surface area contributed by atoms with Gasteiger partial charge in [0.05, 0.1) is 17.4 Å². The first-order chi connectivity index (χ1) is 16.7. The summed E-state index contributed by atoms with van der Waals surface area (Å²) in [6, 6.07) is 9.98. The highest BCUT2D eigenvalue weighted by Gasteiger charge is 2.56. The van der Waals surface area contributed by atoms with Crippen molar-refractivity contribution in [3.63, 3.8) is 0 Å². The van der Waals surface area contributed by atoms with E-state index in [9.17, 15) is 9.59 Å². The van der Waals surface area contributed by atoms with Crippen LogP contribution >= 0.6 is 11.8 Å². The number of benzene rings is 2. The molecule has 2 heterocycles. The molecule has 5 rings (SSSR count). The Hall–Kier alpha value is -2.59. The SMILES string of the molecule is CC(C)Oc1cccc(C2(N)C(=O)C(N)C3c4c2ccc(N)c4SC3C(=O)NC2CCCNC2)c1. The maximum Gasteiger partial charge on any atom is 0.234 e. The van der Waals surface area contributed by atoms with E-state index in [4.69, 9.17) is 21.9 Å². The minimum absolute atomic E-state index is 0.0246. The van der Waals surface area contributed by atoms with Crippen LogP contribution in [0.25, 0.3) is 0 Å². The molecule has 5 atom stereocenters. The second-order valence-corrected chi connectivity index (χ2v) is 11.1. The molecule has 1 fully saturated rings. The number of carbonyl (C=O) groups excluding carboxylic acids is 2. The molecule has 0 aromatic heterocycles. The van der Waals surface area contributed by atoms with Crippen molar-refractivity contribution >= 4 is 29.1 Å². The van der Waals surface area contributed by atoms with Crippen molar-refractivity contribution < 1.29 is 14.3 Å². The third-order valence-electron chi connectivity index (χ3n) is 7.20. The lowest BCUT2D eigenvalue weighted by molar-refractivity contribution is -0.126. The van der Waals surface area contributed by atoms with Gasteiger partial charge in [-0.25, -0.2) is 0 Å². The third-order valence-corrected chi connectivity index (χ3v) is 8.65. The number of nitrogen functional groups attached to an aromatic ring is 1. The van der Waals surface area contributed by atoms with Crippen molar-refractivity contribution in [3.8, 4) is 5.75 Å². The number of rotatable bonds is 5. The Morgan fingerprint density at radius 1 is 1.29 bits per heavy atom. The Morgan fingerprint density at radius 3 is 2.80 bits per heavy atom. The first kappa shape index (κ1) is 24.1. The first-order valence-corrected chi connectivity index (χ1v) is 13.1. The molecule has 0 saturated carbocycles. The Kier molecular flexibility index (Phi) is 6.29. The van der Waals surface area contributed by atoms with Gasteiger partial charge in [0.15, 0.2) is 5.78 Å². The molecule has 5 unspecified atom stereocenters. The van der Waals surface area contributed by atoms with Gasteiger partial charge in [-0.2, -0.15) is 0 Å². The van der Waals surface area contributed by atoms with Gasteiger partial charge in [0, 0.05) is 29.1 Å². The van der Waals surface area contributed by atoms with Crippen LogP contribution in [0.2, 0.25) is 0 Å². The van der Waals surface area contributed by atoms with Crippen LogP contribution in [-0.2, 0) is 15.1 Å². The molecule has 9 heteroatoms. The topological polar surface area (TPSA) is 145 Å². The van der Waals surface area contributed by atoms with Gasteiger partial charge in [0.1, 0.15) is 11.3 Å². The number of ketones is 1. The summed E-state index contributed by atoms with van der Waals surface area (Å²) in [5, 5.41) is 5.93. The van der Waals surface area contributed by atoms with Crippen LogP contribution in [0, 0.1) is 0 Å². The molecule has 0 spiro atoms. The summed E-state index contributed by atoms with van der Waals surface area (Å²) in [5.41, 5.74) is 21.1. The predicted octanol–water partition coefficient (Wildman–Crippen LogP) is 1.59. The second-order valence-electron chi connectivity index (χ2n) is 9.95. The van der Waals surface area contributed by atoms with Crippen molar-refractivity contribution in [2.24, 2.45) is 11.5 Å². The molecule has 2 aliphatic heterocycles. The molecule has 186 valence electrons. The molecule has 1 saturated heterocycles. The molecule has 8 nitrogen and oxygen atoms in total. The molecule has 8 N–H and O–H groups in total. The van der Waals surface area contributed by atoms with Crippen LogP contribution < -0.4 is 32.6 Å². The van der Waals surface area contributed by atoms with Gasteiger partial charge in [0.25, 0.3) is 0 Å². The van der Waals surface area contributed by atoms with E-state index in [0.29, 0.717) is 22.6 Å². The average molecular weight is 496 g/mol. The van der Waals surface area contributed by atoms with Crippen molar-refractivity contribution in [2.75, 3.05) is 18.8 Å². The maximum absolute atomic E-state index is 13.9. The van der Waals surface area contributed by atoms with Crippen molar-refractivity contribution in [1.29, 1.82) is 0 Å². The van der Waals surface area contributed by atoms with Crippen LogP contribution in [0.1, 0.15) is 49.3 Å². The van der Waals surface area contributed by atoms with E-state index in [0.717, 1.165) is 36.4 Å². The molecule has 1 amide bonds. The molecule has 1 aliphatic carbocycles. The zero-order valence-electron chi connectivity index (χ0n) is 20.0. The zero-order chi connectivity index (χ0) is 24.9. The summed E-state index contributed by atoms with van der Waals surface area (Å²) in [7, 11) is 0. The normalized spacial score (nSPS) is 29.7. The Morgan fingerprint density at radius 2 is 2.09 bits per heavy atom. The number of hydrogen-bond donors (Lipinski definition) is 5. The van der Waals surface area contributed by atoms with E-state index in [1.807, 2.05) is 38.1 Å². The van der Waals surface area contributed by atoms with E-state index in [1.165, 1.54) is 11.8 Å². The Bertz CT molecular complexity index is 1170. The van der Waals surface area contributed by atoms with Crippen molar-refractivity contribution in [2.45, 2.75) is 66.5 Å². The summed E-state index contributed by atoms with van der Waals surface area (Å²) < 4.78 is 5.86. The smallest absolute Gasteiger partial charge is 0.234 e. The van der Waals surface area contributed by atoms with Gasteiger partial charge in [-0.3, -0.25) is 9.59 Å². The van der Waals surface area contributed by atoms with E-state index < -0.39 is 22.7 Å². The molecular formula is C26H33N5O3S. The maximum atomic E-state index is 13.9. The minimum atomic E-state index is -1.47. The van der Waals surface area contributed by atoms with E-state index in [-0.39, 0.29) is 23.8 Å². The molecule has 2 aromatic rings. The number of piperidine rings is 1. The summed E-state index contributed by atoms with van der Waals surface area (Å²) >= 11 is 1.39.